The molecule has 0 radical (unpaired) electrons. The Labute approximate surface area is 168 Å². The van der Waals surface area contributed by atoms with Crippen molar-refractivity contribution in [2.75, 3.05) is 11.9 Å². The van der Waals surface area contributed by atoms with Crippen LogP contribution in [0.2, 0.25) is 5.02 Å². The van der Waals surface area contributed by atoms with Crippen molar-refractivity contribution in [2.24, 2.45) is 0 Å². The largest absolute Gasteiger partial charge is 0.431 e. The second-order valence-corrected chi connectivity index (χ2v) is 6.76. The Hall–Kier alpha value is -2.09. The lowest BCUT2D eigenvalue weighted by Gasteiger charge is -2.20. The molecule has 0 bridgehead atoms. The zero-order chi connectivity index (χ0) is 20.2. The molecule has 1 N–H and O–H groups in total. The number of hydrogen-bond donors (Lipinski definition) is 1. The van der Waals surface area contributed by atoms with Crippen molar-refractivity contribution in [2.45, 2.75) is 10.9 Å². The summed E-state index contributed by atoms with van der Waals surface area (Å²) in [7, 11) is 1.40. The van der Waals surface area contributed by atoms with E-state index in [1.807, 2.05) is 0 Å². The van der Waals surface area contributed by atoms with Crippen LogP contribution in [0.3, 0.4) is 0 Å². The van der Waals surface area contributed by atoms with E-state index in [9.17, 15) is 18.4 Å². The summed E-state index contributed by atoms with van der Waals surface area (Å²) in [6, 6.07) is 10.6. The fourth-order valence-electron chi connectivity index (χ4n) is 1.95. The van der Waals surface area contributed by atoms with E-state index in [4.69, 9.17) is 34.8 Å². The van der Waals surface area contributed by atoms with Gasteiger partial charge in [-0.1, -0.05) is 46.9 Å². The third-order valence-corrected chi connectivity index (χ3v) is 4.21. The summed E-state index contributed by atoms with van der Waals surface area (Å²) in [6.45, 7) is 0. The lowest BCUT2D eigenvalue weighted by molar-refractivity contribution is -0.163. The van der Waals surface area contributed by atoms with E-state index >= 15 is 0 Å². The minimum atomic E-state index is -3.77. The molecule has 0 aromatic heterocycles. The molecule has 0 saturated carbocycles. The van der Waals surface area contributed by atoms with Crippen LogP contribution in [0, 0.1) is 0 Å². The number of anilines is 1. The topological polar surface area (TPSA) is 58.6 Å². The molecule has 0 fully saturated rings. The predicted octanol–water partition coefficient (Wildman–Crippen LogP) is 5.10. The van der Waals surface area contributed by atoms with Crippen LogP contribution in [0.5, 0.6) is 5.75 Å². The lowest BCUT2D eigenvalue weighted by Crippen LogP contribution is -2.41. The molecule has 0 unspecified atom stereocenters. The van der Waals surface area contributed by atoms with Gasteiger partial charge in [-0.2, -0.15) is 8.78 Å². The number of ether oxygens (including phenoxy) is 1. The molecule has 0 aliphatic carbocycles. The number of rotatable bonds is 5. The van der Waals surface area contributed by atoms with Gasteiger partial charge in [0.2, 0.25) is 4.84 Å². The highest BCUT2D eigenvalue weighted by molar-refractivity contribution is 6.44. The SMILES string of the molecule is CN(C(=O)NC(=O)c1ccccc1Cl)c1ccc(OC(F)(F)C(Cl)Cl)cc1. The van der Waals surface area contributed by atoms with Gasteiger partial charge in [-0.25, -0.2) is 4.79 Å². The Bertz CT molecular complexity index is 832. The fraction of sp³-hybridized carbons (Fsp3) is 0.176. The molecule has 0 heterocycles. The summed E-state index contributed by atoms with van der Waals surface area (Å²) in [6.07, 6.45) is -3.77. The zero-order valence-corrected chi connectivity index (χ0v) is 16.0. The highest BCUT2D eigenvalue weighted by Crippen LogP contribution is 2.31. The van der Waals surface area contributed by atoms with Crippen LogP contribution in [0.1, 0.15) is 10.4 Å². The number of halogens is 5. The summed E-state index contributed by atoms with van der Waals surface area (Å²) >= 11 is 16.2. The van der Waals surface area contributed by atoms with Crippen LogP contribution in [0.15, 0.2) is 48.5 Å². The maximum atomic E-state index is 13.3. The number of carbonyl (C=O) groups excluding carboxylic acids is 2. The van der Waals surface area contributed by atoms with Crippen LogP contribution < -0.4 is 15.0 Å². The first kappa shape index (κ1) is 21.2. The van der Waals surface area contributed by atoms with Crippen molar-refractivity contribution < 1.29 is 23.1 Å². The quantitative estimate of drug-likeness (QED) is 0.662. The van der Waals surface area contributed by atoms with Gasteiger partial charge in [0.1, 0.15) is 5.75 Å². The number of benzene rings is 2. The first-order chi connectivity index (χ1) is 12.6. The highest BCUT2D eigenvalue weighted by atomic mass is 35.5. The second-order valence-electron chi connectivity index (χ2n) is 5.26. The normalized spacial score (nSPS) is 11.2. The van der Waals surface area contributed by atoms with E-state index in [2.05, 4.69) is 10.1 Å². The number of hydrogen-bond acceptors (Lipinski definition) is 3. The number of nitrogens with one attached hydrogen (secondary N) is 1. The van der Waals surface area contributed by atoms with Gasteiger partial charge in [0, 0.05) is 12.7 Å². The van der Waals surface area contributed by atoms with Gasteiger partial charge >= 0.3 is 12.1 Å². The molecule has 10 heteroatoms. The Morgan fingerprint density at radius 1 is 1.11 bits per heavy atom. The van der Waals surface area contributed by atoms with Crippen LogP contribution in [0.4, 0.5) is 19.3 Å². The van der Waals surface area contributed by atoms with Gasteiger partial charge in [-0.05, 0) is 36.4 Å². The van der Waals surface area contributed by atoms with Crippen molar-refractivity contribution in [3.8, 4) is 5.75 Å². The zero-order valence-electron chi connectivity index (χ0n) is 13.8. The third-order valence-electron chi connectivity index (χ3n) is 3.38. The molecule has 0 atom stereocenters. The number of imide groups is 1. The van der Waals surface area contributed by atoms with E-state index in [1.165, 1.54) is 43.4 Å². The average molecular weight is 438 g/mol. The maximum Gasteiger partial charge on any atom is 0.428 e. The van der Waals surface area contributed by atoms with Crippen molar-refractivity contribution in [1.82, 2.24) is 5.32 Å². The number of amides is 3. The Morgan fingerprint density at radius 2 is 1.70 bits per heavy atom. The van der Waals surface area contributed by atoms with Crippen molar-refractivity contribution >= 4 is 52.4 Å². The van der Waals surface area contributed by atoms with E-state index in [1.54, 1.807) is 12.1 Å². The molecule has 2 rings (SSSR count). The minimum absolute atomic E-state index is 0.142. The molecular formula is C17H13Cl3F2N2O3. The van der Waals surface area contributed by atoms with Gasteiger partial charge in [-0.15, -0.1) is 0 Å². The number of alkyl halides is 4. The van der Waals surface area contributed by atoms with E-state index < -0.39 is 22.9 Å². The number of carbonyl (C=O) groups is 2. The minimum Gasteiger partial charge on any atom is -0.431 e. The Kier molecular flexibility index (Phi) is 6.86. The van der Waals surface area contributed by atoms with Crippen LogP contribution in [-0.2, 0) is 0 Å². The van der Waals surface area contributed by atoms with Gasteiger partial charge in [0.25, 0.3) is 5.91 Å². The van der Waals surface area contributed by atoms with Gasteiger partial charge < -0.3 is 4.74 Å². The molecule has 2 aromatic rings. The molecule has 0 aliphatic rings. The lowest BCUT2D eigenvalue weighted by atomic mass is 10.2. The third kappa shape index (κ3) is 5.45. The molecule has 5 nitrogen and oxygen atoms in total. The van der Waals surface area contributed by atoms with E-state index in [0.717, 1.165) is 4.90 Å². The standard InChI is InChI=1S/C17H13Cl3F2N2O3/c1-24(16(26)23-14(25)12-4-2-3-5-13(12)18)10-6-8-11(9-7-10)27-17(21,22)15(19)20/h2-9,15H,1H3,(H,23,25,26). The molecule has 2 aromatic carbocycles. The monoisotopic (exact) mass is 436 g/mol. The van der Waals surface area contributed by atoms with Crippen molar-refractivity contribution in [3.05, 3.63) is 59.1 Å². The van der Waals surface area contributed by atoms with Gasteiger partial charge in [-0.3, -0.25) is 15.0 Å². The average Bonchev–Trinajstić information content (AvgIpc) is 2.61. The fourth-order valence-corrected chi connectivity index (χ4v) is 2.26. The molecular weight excluding hydrogens is 425 g/mol. The molecule has 0 saturated heterocycles. The van der Waals surface area contributed by atoms with Gasteiger partial charge in [0.05, 0.1) is 10.6 Å². The van der Waals surface area contributed by atoms with Crippen LogP contribution in [0.25, 0.3) is 0 Å². The number of nitrogens with zero attached hydrogens (tertiary/aromatic N) is 1. The summed E-state index contributed by atoms with van der Waals surface area (Å²) < 4.78 is 31.1. The summed E-state index contributed by atoms with van der Waals surface area (Å²) in [4.78, 5) is 23.4. The van der Waals surface area contributed by atoms with Crippen LogP contribution >= 0.6 is 34.8 Å². The summed E-state index contributed by atoms with van der Waals surface area (Å²) in [5.41, 5.74) is 0.465. The van der Waals surface area contributed by atoms with E-state index in [0.29, 0.717) is 5.69 Å². The molecule has 3 amide bonds. The highest BCUT2D eigenvalue weighted by Gasteiger charge is 2.40. The van der Waals surface area contributed by atoms with Crippen LogP contribution in [-0.4, -0.2) is 29.9 Å². The number of urea groups is 1. The second kappa shape index (κ2) is 8.73. The van der Waals surface area contributed by atoms with Crippen molar-refractivity contribution in [3.63, 3.8) is 0 Å². The Balaban J connectivity index is 2.04. The Morgan fingerprint density at radius 3 is 2.26 bits per heavy atom. The summed E-state index contributed by atoms with van der Waals surface area (Å²) in [5.74, 6) is -0.872. The molecule has 144 valence electrons. The summed E-state index contributed by atoms with van der Waals surface area (Å²) in [5, 5.41) is 2.38. The van der Waals surface area contributed by atoms with Crippen molar-refractivity contribution in [1.29, 1.82) is 0 Å². The molecule has 27 heavy (non-hydrogen) atoms. The first-order valence-electron chi connectivity index (χ1n) is 7.40. The van der Waals surface area contributed by atoms with E-state index in [-0.39, 0.29) is 16.3 Å². The maximum absolute atomic E-state index is 13.3. The molecule has 0 aliphatic heterocycles. The first-order valence-corrected chi connectivity index (χ1v) is 8.65. The van der Waals surface area contributed by atoms with Gasteiger partial charge in [0.15, 0.2) is 0 Å². The predicted molar refractivity (Wildman–Crippen MR) is 100 cm³/mol. The smallest absolute Gasteiger partial charge is 0.428 e. The molecule has 0 spiro atoms.